The van der Waals surface area contributed by atoms with Crippen molar-refractivity contribution in [1.29, 1.82) is 0 Å². The first-order valence-electron chi connectivity index (χ1n) is 10.4. The minimum atomic E-state index is -4.87. The van der Waals surface area contributed by atoms with Gasteiger partial charge in [0.25, 0.3) is 10.0 Å². The summed E-state index contributed by atoms with van der Waals surface area (Å²) in [5, 5.41) is 6.87. The Morgan fingerprint density at radius 1 is 1.06 bits per heavy atom. The number of nitrogens with zero attached hydrogens (tertiary/aromatic N) is 1. The maximum Gasteiger partial charge on any atom is 0.573 e. The van der Waals surface area contributed by atoms with E-state index in [1.54, 1.807) is 50.4 Å². The maximum atomic E-state index is 13.5. The quantitative estimate of drug-likeness (QED) is 0.302. The van der Waals surface area contributed by atoms with Crippen molar-refractivity contribution in [1.82, 2.24) is 9.29 Å². The lowest BCUT2D eigenvalue weighted by Crippen LogP contribution is -2.18. The Hall–Kier alpha value is -3.21. The number of aryl methyl sites for hydroxylation is 1. The molecule has 2 N–H and O–H groups in total. The molecule has 0 atom stereocenters. The van der Waals surface area contributed by atoms with Gasteiger partial charge in [0.1, 0.15) is 0 Å². The highest BCUT2D eigenvalue weighted by Crippen LogP contribution is 2.35. The molecule has 0 saturated heterocycles. The van der Waals surface area contributed by atoms with Gasteiger partial charge in [0, 0.05) is 28.8 Å². The topological polar surface area (TPSA) is 72.4 Å². The summed E-state index contributed by atoms with van der Waals surface area (Å²) in [5.41, 5.74) is 2.13. The smallest absolute Gasteiger partial charge is 0.404 e. The van der Waals surface area contributed by atoms with Crippen LogP contribution in [-0.4, -0.2) is 25.8 Å². The second-order valence-electron chi connectivity index (χ2n) is 7.85. The number of alkyl halides is 3. The van der Waals surface area contributed by atoms with Gasteiger partial charge in [0.05, 0.1) is 16.1 Å². The number of hydrogen-bond donors (Lipinski definition) is 2. The molecule has 0 aliphatic carbocycles. The molecule has 3 aromatic carbocycles. The summed E-state index contributed by atoms with van der Waals surface area (Å²) < 4.78 is 71.0. The fourth-order valence-electron chi connectivity index (χ4n) is 3.71. The molecule has 184 valence electrons. The van der Waals surface area contributed by atoms with E-state index in [4.69, 9.17) is 11.6 Å². The van der Waals surface area contributed by atoms with E-state index in [1.165, 1.54) is 30.5 Å². The number of hydrogen-bond acceptors (Lipinski definition) is 5. The molecule has 0 unspecified atom stereocenters. The maximum absolute atomic E-state index is 13.5. The van der Waals surface area contributed by atoms with E-state index in [2.05, 4.69) is 15.4 Å². The standard InChI is InChI=1S/C24H21ClF3N3O3S/c1-15-6-9-21(23(10-15)34-24(26,27)28)30-18-7-8-20-16(13-29-2)14-31(22(20)12-18)35(32,33)19-5-3-4-17(25)11-19/h3-12,14,29-30H,13H2,1-2H3. The molecule has 35 heavy (non-hydrogen) atoms. The first kappa shape index (κ1) is 24.9. The Labute approximate surface area is 205 Å². The Bertz CT molecular complexity index is 1500. The van der Waals surface area contributed by atoms with Crippen LogP contribution >= 0.6 is 11.6 Å². The predicted molar refractivity (Wildman–Crippen MR) is 130 cm³/mol. The van der Waals surface area contributed by atoms with E-state index >= 15 is 0 Å². The van der Waals surface area contributed by atoms with Crippen LogP contribution in [-0.2, 0) is 16.6 Å². The molecule has 6 nitrogen and oxygen atoms in total. The molecule has 4 aromatic rings. The molecule has 0 radical (unpaired) electrons. The van der Waals surface area contributed by atoms with Crippen LogP contribution in [0.4, 0.5) is 24.5 Å². The van der Waals surface area contributed by atoms with Crippen LogP contribution in [0.25, 0.3) is 10.9 Å². The normalized spacial score (nSPS) is 12.2. The number of anilines is 2. The molecule has 11 heteroatoms. The highest BCUT2D eigenvalue weighted by atomic mass is 35.5. The van der Waals surface area contributed by atoms with E-state index in [0.29, 0.717) is 28.7 Å². The molecular formula is C24H21ClF3N3O3S. The molecule has 0 bridgehead atoms. The van der Waals surface area contributed by atoms with E-state index in [1.807, 2.05) is 0 Å². The van der Waals surface area contributed by atoms with Crippen molar-refractivity contribution in [2.75, 3.05) is 12.4 Å². The minimum absolute atomic E-state index is 0.00988. The number of ether oxygens (including phenoxy) is 1. The Morgan fingerprint density at radius 3 is 2.51 bits per heavy atom. The van der Waals surface area contributed by atoms with Crippen molar-refractivity contribution in [3.8, 4) is 5.75 Å². The van der Waals surface area contributed by atoms with Gasteiger partial charge in [-0.25, -0.2) is 12.4 Å². The van der Waals surface area contributed by atoms with Crippen LogP contribution in [0.2, 0.25) is 5.02 Å². The zero-order chi connectivity index (χ0) is 25.4. The molecule has 0 saturated carbocycles. The molecule has 0 amide bonds. The summed E-state index contributed by atoms with van der Waals surface area (Å²) >= 11 is 6.01. The van der Waals surface area contributed by atoms with Gasteiger partial charge in [-0.05, 0) is 67.6 Å². The summed E-state index contributed by atoms with van der Waals surface area (Å²) in [6.07, 6.45) is -3.35. The third-order valence-corrected chi connectivity index (χ3v) is 7.12. The Kier molecular flexibility index (Phi) is 6.72. The van der Waals surface area contributed by atoms with Crippen LogP contribution < -0.4 is 15.4 Å². The molecule has 4 rings (SSSR count). The van der Waals surface area contributed by atoms with Gasteiger partial charge in [0.2, 0.25) is 0 Å². The first-order valence-corrected chi connectivity index (χ1v) is 12.2. The second-order valence-corrected chi connectivity index (χ2v) is 10.1. The highest BCUT2D eigenvalue weighted by molar-refractivity contribution is 7.90. The predicted octanol–water partition coefficient (Wildman–Crippen LogP) is 6.20. The molecule has 0 aliphatic rings. The van der Waals surface area contributed by atoms with Gasteiger partial charge in [-0.15, -0.1) is 13.2 Å². The average Bonchev–Trinajstić information content (AvgIpc) is 3.13. The van der Waals surface area contributed by atoms with Crippen molar-refractivity contribution >= 4 is 43.9 Å². The summed E-state index contributed by atoms with van der Waals surface area (Å²) in [5.74, 6) is -0.393. The van der Waals surface area contributed by atoms with Crippen molar-refractivity contribution in [2.24, 2.45) is 0 Å². The summed E-state index contributed by atoms with van der Waals surface area (Å²) in [4.78, 5) is 0.00988. The number of halogens is 4. The SMILES string of the molecule is CNCc1cn(S(=O)(=O)c2cccc(Cl)c2)c2cc(Nc3ccc(C)cc3OC(F)(F)F)ccc12. The fraction of sp³-hybridized carbons (Fsp3) is 0.167. The van der Waals surface area contributed by atoms with Crippen molar-refractivity contribution in [2.45, 2.75) is 24.7 Å². The Morgan fingerprint density at radius 2 is 1.83 bits per heavy atom. The summed E-state index contributed by atoms with van der Waals surface area (Å²) in [6.45, 7) is 2.05. The molecular weight excluding hydrogens is 503 g/mol. The average molecular weight is 524 g/mol. The van der Waals surface area contributed by atoms with Gasteiger partial charge in [0.15, 0.2) is 5.75 Å². The lowest BCUT2D eigenvalue weighted by Gasteiger charge is -2.16. The van der Waals surface area contributed by atoms with Gasteiger partial charge >= 0.3 is 6.36 Å². The lowest BCUT2D eigenvalue weighted by molar-refractivity contribution is -0.274. The van der Waals surface area contributed by atoms with Crippen LogP contribution in [0.5, 0.6) is 5.75 Å². The van der Waals surface area contributed by atoms with Crippen molar-refractivity contribution in [3.05, 3.63) is 83.0 Å². The second kappa shape index (κ2) is 9.44. The van der Waals surface area contributed by atoms with Gasteiger partial charge in [-0.1, -0.05) is 29.8 Å². The van der Waals surface area contributed by atoms with Gasteiger partial charge in [-0.2, -0.15) is 0 Å². The molecule has 0 fully saturated rings. The molecule has 1 aromatic heterocycles. The van der Waals surface area contributed by atoms with Crippen LogP contribution in [0.1, 0.15) is 11.1 Å². The summed E-state index contributed by atoms with van der Waals surface area (Å²) in [6, 6.07) is 15.2. The van der Waals surface area contributed by atoms with Crippen molar-refractivity contribution in [3.63, 3.8) is 0 Å². The highest BCUT2D eigenvalue weighted by Gasteiger charge is 2.32. The minimum Gasteiger partial charge on any atom is -0.404 e. The van der Waals surface area contributed by atoms with Crippen molar-refractivity contribution < 1.29 is 26.3 Å². The molecule has 0 aliphatic heterocycles. The largest absolute Gasteiger partial charge is 0.573 e. The van der Waals surface area contributed by atoms with Crippen LogP contribution in [0, 0.1) is 6.92 Å². The van der Waals surface area contributed by atoms with E-state index in [0.717, 1.165) is 9.54 Å². The van der Waals surface area contributed by atoms with Gasteiger partial charge < -0.3 is 15.4 Å². The zero-order valence-corrected chi connectivity index (χ0v) is 20.2. The first-order chi connectivity index (χ1) is 16.5. The fourth-order valence-corrected chi connectivity index (χ4v) is 5.40. The number of rotatable bonds is 7. The summed E-state index contributed by atoms with van der Waals surface area (Å²) in [7, 11) is -2.27. The third-order valence-electron chi connectivity index (χ3n) is 5.22. The van der Waals surface area contributed by atoms with Crippen LogP contribution in [0.3, 0.4) is 0 Å². The number of benzene rings is 3. The lowest BCUT2D eigenvalue weighted by atomic mass is 10.1. The zero-order valence-electron chi connectivity index (χ0n) is 18.7. The van der Waals surface area contributed by atoms with E-state index in [-0.39, 0.29) is 15.6 Å². The number of aromatic nitrogens is 1. The van der Waals surface area contributed by atoms with E-state index < -0.39 is 22.1 Å². The molecule has 0 spiro atoms. The third kappa shape index (κ3) is 5.39. The Balaban J connectivity index is 1.82. The van der Waals surface area contributed by atoms with Crippen LogP contribution in [0.15, 0.2) is 71.8 Å². The number of nitrogens with one attached hydrogen (secondary N) is 2. The van der Waals surface area contributed by atoms with E-state index in [9.17, 15) is 21.6 Å². The number of fused-ring (bicyclic) bond motifs is 1. The monoisotopic (exact) mass is 523 g/mol. The molecule has 1 heterocycles. The van der Waals surface area contributed by atoms with Gasteiger partial charge in [-0.3, -0.25) is 0 Å².